The van der Waals surface area contributed by atoms with Gasteiger partial charge in [-0.2, -0.15) is 4.98 Å². The van der Waals surface area contributed by atoms with Crippen LogP contribution in [0.15, 0.2) is 28.8 Å². The molecule has 0 bridgehead atoms. The van der Waals surface area contributed by atoms with Crippen LogP contribution in [0.25, 0.3) is 0 Å². The highest BCUT2D eigenvalue weighted by atomic mass is 19.1. The summed E-state index contributed by atoms with van der Waals surface area (Å²) in [5, 5.41) is 4.25. The number of carbonyl (C=O) groups excluding carboxylic acids is 1. The molecule has 0 spiro atoms. The highest BCUT2D eigenvalue weighted by Crippen LogP contribution is 2.34. The van der Waals surface area contributed by atoms with Gasteiger partial charge in [0.25, 0.3) is 5.91 Å². The number of benzene rings is 1. The van der Waals surface area contributed by atoms with E-state index in [1.54, 1.807) is 4.90 Å². The number of rotatable bonds is 5. The lowest BCUT2D eigenvalue weighted by Crippen LogP contribution is -2.49. The van der Waals surface area contributed by atoms with E-state index in [1.165, 1.54) is 24.3 Å². The van der Waals surface area contributed by atoms with Crippen LogP contribution >= 0.6 is 0 Å². The Morgan fingerprint density at radius 1 is 1.31 bits per heavy atom. The van der Waals surface area contributed by atoms with Gasteiger partial charge in [-0.3, -0.25) is 4.79 Å². The number of hydrogen-bond acceptors (Lipinski definition) is 6. The first-order valence-electron chi connectivity index (χ1n) is 10.1. The fourth-order valence-corrected chi connectivity index (χ4v) is 3.99. The molecular formula is C21H26FN3O4. The summed E-state index contributed by atoms with van der Waals surface area (Å²) in [4.78, 5) is 19.1. The fraction of sp³-hybridized carbons (Fsp3) is 0.571. The third kappa shape index (κ3) is 4.58. The Morgan fingerprint density at radius 2 is 2.07 bits per heavy atom. The molecule has 4 rings (SSSR count). The van der Waals surface area contributed by atoms with E-state index in [4.69, 9.17) is 14.0 Å². The van der Waals surface area contributed by atoms with Gasteiger partial charge in [-0.25, -0.2) is 4.39 Å². The van der Waals surface area contributed by atoms with E-state index >= 15 is 0 Å². The standard InChI is InChI=1S/C21H26FN3O4/c1-21(20-23-19(29-24-20)15-7-11-27-12-8-15)9-2-10-25(14-21)18(26)13-28-17-5-3-16(22)4-6-17/h3-6,15H,2,7-14H2,1H3. The maximum absolute atomic E-state index is 13.0. The summed E-state index contributed by atoms with van der Waals surface area (Å²) in [6, 6.07) is 5.65. The van der Waals surface area contributed by atoms with Crippen molar-refractivity contribution in [1.82, 2.24) is 15.0 Å². The number of ether oxygens (including phenoxy) is 2. The summed E-state index contributed by atoms with van der Waals surface area (Å²) in [7, 11) is 0. The number of halogens is 1. The molecule has 3 heterocycles. The van der Waals surface area contributed by atoms with Crippen molar-refractivity contribution < 1.29 is 23.2 Å². The molecule has 2 saturated heterocycles. The highest BCUT2D eigenvalue weighted by Gasteiger charge is 2.39. The molecule has 8 heteroatoms. The molecule has 2 aliphatic heterocycles. The summed E-state index contributed by atoms with van der Waals surface area (Å²) < 4.78 is 29.5. The first-order valence-corrected chi connectivity index (χ1v) is 10.1. The zero-order chi connectivity index (χ0) is 20.3. The number of hydrogen-bond donors (Lipinski definition) is 0. The van der Waals surface area contributed by atoms with Gasteiger partial charge in [0.15, 0.2) is 12.4 Å². The van der Waals surface area contributed by atoms with Gasteiger partial charge >= 0.3 is 0 Å². The van der Waals surface area contributed by atoms with Crippen molar-refractivity contribution in [2.75, 3.05) is 32.9 Å². The number of nitrogens with zero attached hydrogens (tertiary/aromatic N) is 3. The Kier molecular flexibility index (Phi) is 5.80. The van der Waals surface area contributed by atoms with Gasteiger partial charge in [0, 0.05) is 37.6 Å². The average molecular weight is 403 g/mol. The minimum Gasteiger partial charge on any atom is -0.484 e. The fourth-order valence-electron chi connectivity index (χ4n) is 3.99. The molecule has 1 unspecified atom stereocenters. The molecule has 2 fully saturated rings. The molecule has 156 valence electrons. The van der Waals surface area contributed by atoms with Crippen LogP contribution < -0.4 is 4.74 Å². The lowest BCUT2D eigenvalue weighted by molar-refractivity contribution is -0.135. The number of amides is 1. The molecule has 0 N–H and O–H groups in total. The average Bonchev–Trinajstić information content (AvgIpc) is 3.25. The maximum Gasteiger partial charge on any atom is 0.260 e. The first-order chi connectivity index (χ1) is 14.0. The van der Waals surface area contributed by atoms with Gasteiger partial charge < -0.3 is 18.9 Å². The molecule has 1 amide bonds. The minimum atomic E-state index is -0.350. The summed E-state index contributed by atoms with van der Waals surface area (Å²) in [6.45, 7) is 4.62. The quantitative estimate of drug-likeness (QED) is 0.764. The number of likely N-dealkylation sites (tertiary alicyclic amines) is 1. The smallest absolute Gasteiger partial charge is 0.260 e. The summed E-state index contributed by atoms with van der Waals surface area (Å²) >= 11 is 0. The van der Waals surface area contributed by atoms with E-state index < -0.39 is 0 Å². The zero-order valence-corrected chi connectivity index (χ0v) is 16.6. The van der Waals surface area contributed by atoms with Crippen LogP contribution in [0.4, 0.5) is 4.39 Å². The van der Waals surface area contributed by atoms with Crippen molar-refractivity contribution in [3.63, 3.8) is 0 Å². The van der Waals surface area contributed by atoms with Crippen LogP contribution in [0.3, 0.4) is 0 Å². The molecule has 29 heavy (non-hydrogen) atoms. The second-order valence-corrected chi connectivity index (χ2v) is 8.06. The second-order valence-electron chi connectivity index (χ2n) is 8.06. The molecule has 1 aromatic heterocycles. The monoisotopic (exact) mass is 403 g/mol. The SMILES string of the molecule is CC1(c2noc(C3CCOCC3)n2)CCCN(C(=O)COc2ccc(F)cc2)C1. The largest absolute Gasteiger partial charge is 0.484 e. The Balaban J connectivity index is 1.38. The number of piperidine rings is 1. The molecule has 2 aromatic rings. The van der Waals surface area contributed by atoms with Crippen LogP contribution in [0.1, 0.15) is 50.2 Å². The van der Waals surface area contributed by atoms with E-state index in [0.717, 1.165) is 38.9 Å². The van der Waals surface area contributed by atoms with Crippen molar-refractivity contribution in [1.29, 1.82) is 0 Å². The molecular weight excluding hydrogens is 377 g/mol. The molecule has 0 radical (unpaired) electrons. The summed E-state index contributed by atoms with van der Waals surface area (Å²) in [5.41, 5.74) is -0.350. The van der Waals surface area contributed by atoms with Crippen molar-refractivity contribution in [3.8, 4) is 5.75 Å². The molecule has 0 aliphatic carbocycles. The number of carbonyl (C=O) groups is 1. The van der Waals surface area contributed by atoms with E-state index in [9.17, 15) is 9.18 Å². The van der Waals surface area contributed by atoms with Gasteiger partial charge in [-0.1, -0.05) is 12.1 Å². The lowest BCUT2D eigenvalue weighted by atomic mass is 9.81. The van der Waals surface area contributed by atoms with Gasteiger partial charge in [-0.15, -0.1) is 0 Å². The normalized spacial score (nSPS) is 23.2. The van der Waals surface area contributed by atoms with Crippen molar-refractivity contribution in [3.05, 3.63) is 41.8 Å². The topological polar surface area (TPSA) is 77.7 Å². The third-order valence-corrected chi connectivity index (χ3v) is 5.78. The summed E-state index contributed by atoms with van der Waals surface area (Å²) in [5.74, 6) is 1.62. The first kappa shape index (κ1) is 19.8. The zero-order valence-electron chi connectivity index (χ0n) is 16.6. The van der Waals surface area contributed by atoms with Crippen LogP contribution in [0.2, 0.25) is 0 Å². The van der Waals surface area contributed by atoms with Gasteiger partial charge in [-0.05, 0) is 49.9 Å². The van der Waals surface area contributed by atoms with E-state index in [1.807, 2.05) is 0 Å². The van der Waals surface area contributed by atoms with Gasteiger partial charge in [0.2, 0.25) is 5.89 Å². The molecule has 1 atom stereocenters. The Bertz CT molecular complexity index is 835. The van der Waals surface area contributed by atoms with Crippen LogP contribution in [-0.2, 0) is 14.9 Å². The van der Waals surface area contributed by atoms with E-state index in [2.05, 4.69) is 17.1 Å². The maximum atomic E-state index is 13.0. The van der Waals surface area contributed by atoms with Crippen LogP contribution in [0, 0.1) is 5.82 Å². The Hall–Kier alpha value is -2.48. The molecule has 0 saturated carbocycles. The molecule has 7 nitrogen and oxygen atoms in total. The van der Waals surface area contributed by atoms with Crippen molar-refractivity contribution >= 4 is 5.91 Å². The van der Waals surface area contributed by atoms with E-state index in [-0.39, 0.29) is 29.7 Å². The van der Waals surface area contributed by atoms with Crippen molar-refractivity contribution in [2.45, 2.75) is 43.9 Å². The lowest BCUT2D eigenvalue weighted by Gasteiger charge is -2.38. The van der Waals surface area contributed by atoms with E-state index in [0.29, 0.717) is 30.6 Å². The minimum absolute atomic E-state index is 0.0821. The number of aromatic nitrogens is 2. The highest BCUT2D eigenvalue weighted by molar-refractivity contribution is 5.78. The van der Waals surface area contributed by atoms with Crippen LogP contribution in [-0.4, -0.2) is 53.9 Å². The Labute approximate surface area is 169 Å². The predicted molar refractivity (Wildman–Crippen MR) is 102 cm³/mol. The van der Waals surface area contributed by atoms with Crippen LogP contribution in [0.5, 0.6) is 5.75 Å². The van der Waals surface area contributed by atoms with Gasteiger partial charge in [0.05, 0.1) is 0 Å². The van der Waals surface area contributed by atoms with Gasteiger partial charge in [0.1, 0.15) is 11.6 Å². The molecule has 2 aliphatic rings. The third-order valence-electron chi connectivity index (χ3n) is 5.78. The molecule has 1 aromatic carbocycles. The Morgan fingerprint density at radius 3 is 2.83 bits per heavy atom. The summed E-state index contributed by atoms with van der Waals surface area (Å²) in [6.07, 6.45) is 3.54. The van der Waals surface area contributed by atoms with Crippen molar-refractivity contribution in [2.24, 2.45) is 0 Å². The second kappa shape index (κ2) is 8.49. The predicted octanol–water partition coefficient (Wildman–Crippen LogP) is 3.06.